The van der Waals surface area contributed by atoms with E-state index >= 15 is 0 Å². The van der Waals surface area contributed by atoms with Gasteiger partial charge in [0.05, 0.1) is 5.56 Å². The molecule has 0 saturated carbocycles. The number of alkyl halides is 2. The summed E-state index contributed by atoms with van der Waals surface area (Å²) in [4.78, 5) is 16.7. The Labute approximate surface area is 176 Å². The number of carbonyl (C=O) groups excluding carboxylic acids is 1. The minimum absolute atomic E-state index is 0.00431. The summed E-state index contributed by atoms with van der Waals surface area (Å²) in [6.45, 7) is -1.08. The molecule has 7 nitrogen and oxygen atoms in total. The molecule has 0 bridgehead atoms. The Balaban J connectivity index is 1.48. The van der Waals surface area contributed by atoms with Crippen molar-refractivity contribution in [1.29, 1.82) is 5.26 Å². The molecule has 31 heavy (non-hydrogen) atoms. The van der Waals surface area contributed by atoms with Crippen LogP contribution in [0.15, 0.2) is 60.8 Å². The zero-order valence-electron chi connectivity index (χ0n) is 16.1. The molecular formula is C22H16F2N4O3. The third kappa shape index (κ3) is 4.38. The van der Waals surface area contributed by atoms with Crippen molar-refractivity contribution in [3.05, 3.63) is 77.6 Å². The fourth-order valence-corrected chi connectivity index (χ4v) is 3.03. The predicted octanol–water partition coefficient (Wildman–Crippen LogP) is 4.18. The van der Waals surface area contributed by atoms with Crippen molar-refractivity contribution in [2.45, 2.75) is 12.6 Å². The van der Waals surface area contributed by atoms with Gasteiger partial charge in [-0.15, -0.1) is 0 Å². The standard InChI is InChI=1S/C22H16F2N4O3/c23-13-22(24)30-19-6-5-15(10-20(19)31-22)28-21(29)17-3-1-2-4-18(17)27-12-14-7-8-26-16(9-14)11-25/h1-10,27H,12-13H2,(H,28,29). The number of amides is 1. The Kier molecular flexibility index (Phi) is 5.37. The summed E-state index contributed by atoms with van der Waals surface area (Å²) in [7, 11) is 0. The van der Waals surface area contributed by atoms with E-state index in [0.717, 1.165) is 5.56 Å². The number of nitrogens with one attached hydrogen (secondary N) is 2. The lowest BCUT2D eigenvalue weighted by molar-refractivity contribution is -0.199. The van der Waals surface area contributed by atoms with Gasteiger partial charge in [-0.05, 0) is 42.0 Å². The molecule has 2 N–H and O–H groups in total. The van der Waals surface area contributed by atoms with Crippen molar-refractivity contribution in [3.63, 3.8) is 0 Å². The summed E-state index contributed by atoms with van der Waals surface area (Å²) in [5, 5.41) is 14.8. The number of fused-ring (bicyclic) bond motifs is 1. The van der Waals surface area contributed by atoms with E-state index in [0.29, 0.717) is 29.2 Å². The lowest BCUT2D eigenvalue weighted by Crippen LogP contribution is -2.35. The molecule has 0 aliphatic carbocycles. The molecule has 3 aromatic rings. The molecule has 1 aliphatic rings. The number of hydrogen-bond acceptors (Lipinski definition) is 6. The third-order valence-corrected chi connectivity index (χ3v) is 4.48. The van der Waals surface area contributed by atoms with Crippen molar-refractivity contribution in [1.82, 2.24) is 4.98 Å². The molecule has 0 spiro atoms. The summed E-state index contributed by atoms with van der Waals surface area (Å²) in [5.74, 6) is -0.365. The predicted molar refractivity (Wildman–Crippen MR) is 108 cm³/mol. The number of benzene rings is 2. The van der Waals surface area contributed by atoms with Crippen LogP contribution in [0.2, 0.25) is 0 Å². The normalized spacial score (nSPS) is 16.4. The van der Waals surface area contributed by atoms with Crippen molar-refractivity contribution < 1.29 is 23.0 Å². The first-order chi connectivity index (χ1) is 15.0. The van der Waals surface area contributed by atoms with Crippen molar-refractivity contribution in [3.8, 4) is 17.6 Å². The van der Waals surface area contributed by atoms with Crippen LogP contribution in [0.25, 0.3) is 0 Å². The van der Waals surface area contributed by atoms with E-state index in [1.165, 1.54) is 18.2 Å². The van der Waals surface area contributed by atoms with Crippen LogP contribution < -0.4 is 20.1 Å². The van der Waals surface area contributed by atoms with E-state index in [-0.39, 0.29) is 11.5 Å². The number of anilines is 2. The van der Waals surface area contributed by atoms with Crippen LogP contribution in [0.1, 0.15) is 21.6 Å². The molecule has 1 aliphatic heterocycles. The molecule has 2 aromatic carbocycles. The number of aromatic nitrogens is 1. The second-order valence-electron chi connectivity index (χ2n) is 6.67. The average Bonchev–Trinajstić information content (AvgIpc) is 3.14. The van der Waals surface area contributed by atoms with E-state index in [1.807, 2.05) is 6.07 Å². The van der Waals surface area contributed by atoms with Gasteiger partial charge in [-0.2, -0.15) is 9.65 Å². The van der Waals surface area contributed by atoms with Gasteiger partial charge >= 0.3 is 6.04 Å². The highest BCUT2D eigenvalue weighted by atomic mass is 19.2. The number of halogens is 2. The van der Waals surface area contributed by atoms with Crippen molar-refractivity contribution in [2.75, 3.05) is 17.3 Å². The first-order valence-electron chi connectivity index (χ1n) is 9.26. The molecular weight excluding hydrogens is 406 g/mol. The van der Waals surface area contributed by atoms with Crippen LogP contribution in [0.5, 0.6) is 11.5 Å². The second-order valence-corrected chi connectivity index (χ2v) is 6.67. The van der Waals surface area contributed by atoms with E-state index in [4.69, 9.17) is 14.7 Å². The maximum atomic E-state index is 13.9. The Morgan fingerprint density at radius 1 is 1.13 bits per heavy atom. The van der Waals surface area contributed by atoms with Gasteiger partial charge in [0.25, 0.3) is 5.91 Å². The largest absolute Gasteiger partial charge is 0.437 e. The molecule has 1 atom stereocenters. The van der Waals surface area contributed by atoms with E-state index < -0.39 is 18.6 Å². The molecule has 1 unspecified atom stereocenters. The van der Waals surface area contributed by atoms with Gasteiger partial charge in [-0.25, -0.2) is 9.37 Å². The van der Waals surface area contributed by atoms with Gasteiger partial charge < -0.3 is 20.1 Å². The molecule has 1 aromatic heterocycles. The minimum Gasteiger partial charge on any atom is -0.421 e. The SMILES string of the molecule is N#Cc1cc(CNc2ccccc2C(=O)Nc2ccc3c(c2)OC(F)(CF)O3)ccn1. The van der Waals surface area contributed by atoms with E-state index in [2.05, 4.69) is 15.6 Å². The Hall–Kier alpha value is -4.19. The maximum absolute atomic E-state index is 13.9. The van der Waals surface area contributed by atoms with E-state index in [9.17, 15) is 13.6 Å². The Morgan fingerprint density at radius 3 is 2.74 bits per heavy atom. The number of ether oxygens (including phenoxy) is 2. The molecule has 1 amide bonds. The smallest absolute Gasteiger partial charge is 0.421 e. The summed E-state index contributed by atoms with van der Waals surface area (Å²) in [6.07, 6.45) is 1.54. The Morgan fingerprint density at radius 2 is 1.94 bits per heavy atom. The van der Waals surface area contributed by atoms with Crippen molar-refractivity contribution in [2.24, 2.45) is 0 Å². The van der Waals surface area contributed by atoms with Gasteiger partial charge in [-0.3, -0.25) is 4.79 Å². The van der Waals surface area contributed by atoms with Gasteiger partial charge in [0.15, 0.2) is 11.5 Å². The number of carbonyl (C=O) groups is 1. The third-order valence-electron chi connectivity index (χ3n) is 4.48. The summed E-state index contributed by atoms with van der Waals surface area (Å²) >= 11 is 0. The first kappa shape index (κ1) is 20.1. The summed E-state index contributed by atoms with van der Waals surface area (Å²) in [6, 6.07) is 13.7. The molecule has 9 heteroatoms. The van der Waals surface area contributed by atoms with Crippen LogP contribution >= 0.6 is 0 Å². The molecule has 0 fully saturated rings. The van der Waals surface area contributed by atoms with Gasteiger partial charge in [0, 0.05) is 30.2 Å². The van der Waals surface area contributed by atoms with Crippen molar-refractivity contribution >= 4 is 17.3 Å². The second kappa shape index (κ2) is 8.28. The Bertz CT molecular complexity index is 1180. The lowest BCUT2D eigenvalue weighted by Gasteiger charge is -2.13. The highest BCUT2D eigenvalue weighted by Gasteiger charge is 2.42. The van der Waals surface area contributed by atoms with Gasteiger partial charge in [-0.1, -0.05) is 12.1 Å². The minimum atomic E-state index is -2.85. The number of pyridine rings is 1. The molecule has 2 heterocycles. The summed E-state index contributed by atoms with van der Waals surface area (Å²) in [5.41, 5.74) is 2.42. The van der Waals surface area contributed by atoms with Gasteiger partial charge in [0.1, 0.15) is 11.8 Å². The average molecular weight is 422 g/mol. The molecule has 4 rings (SSSR count). The monoisotopic (exact) mass is 422 g/mol. The maximum Gasteiger partial charge on any atom is 0.437 e. The molecule has 0 radical (unpaired) electrons. The van der Waals surface area contributed by atoms with Crippen LogP contribution in [-0.2, 0) is 6.54 Å². The summed E-state index contributed by atoms with van der Waals surface area (Å²) < 4.78 is 36.3. The topological polar surface area (TPSA) is 96.3 Å². The number of nitriles is 1. The quantitative estimate of drug-likeness (QED) is 0.619. The van der Waals surface area contributed by atoms with Gasteiger partial charge in [0.2, 0.25) is 6.67 Å². The van der Waals surface area contributed by atoms with Crippen LogP contribution in [0, 0.1) is 11.3 Å². The molecule has 0 saturated heterocycles. The number of rotatable bonds is 6. The van der Waals surface area contributed by atoms with Crippen LogP contribution in [0.4, 0.5) is 20.2 Å². The highest BCUT2D eigenvalue weighted by molar-refractivity contribution is 6.08. The number of hydrogen-bond donors (Lipinski definition) is 2. The zero-order valence-corrected chi connectivity index (χ0v) is 16.1. The van der Waals surface area contributed by atoms with E-state index in [1.54, 1.807) is 42.6 Å². The highest BCUT2D eigenvalue weighted by Crippen LogP contribution is 2.41. The number of para-hydroxylation sites is 1. The number of nitrogens with zero attached hydrogens (tertiary/aromatic N) is 2. The fraction of sp³-hybridized carbons (Fsp3) is 0.136. The zero-order chi connectivity index (χ0) is 21.8. The van der Waals surface area contributed by atoms with Crippen LogP contribution in [0.3, 0.4) is 0 Å². The lowest BCUT2D eigenvalue weighted by atomic mass is 10.1. The molecule has 156 valence electrons. The van der Waals surface area contributed by atoms with Crippen LogP contribution in [-0.4, -0.2) is 23.6 Å². The first-order valence-corrected chi connectivity index (χ1v) is 9.26. The fourth-order valence-electron chi connectivity index (χ4n) is 3.03.